The van der Waals surface area contributed by atoms with Crippen molar-refractivity contribution in [2.45, 2.75) is 0 Å². The fourth-order valence-electron chi connectivity index (χ4n) is 6.37. The Morgan fingerprint density at radius 3 is 1.30 bits per heavy atom. The van der Waals surface area contributed by atoms with Gasteiger partial charge in [0.25, 0.3) is 0 Å². The lowest BCUT2D eigenvalue weighted by atomic mass is 9.91. The van der Waals surface area contributed by atoms with E-state index in [1.807, 2.05) is 0 Å². The first-order valence-corrected chi connectivity index (χ1v) is 14.8. The molecule has 0 aliphatic rings. The van der Waals surface area contributed by atoms with Crippen LogP contribution in [0.3, 0.4) is 0 Å². The van der Waals surface area contributed by atoms with Gasteiger partial charge in [-0.15, -0.1) is 0 Å². The van der Waals surface area contributed by atoms with E-state index < -0.39 is 0 Å². The van der Waals surface area contributed by atoms with E-state index >= 15 is 0 Å². The van der Waals surface area contributed by atoms with Crippen molar-refractivity contribution in [2.75, 3.05) is 4.90 Å². The molecule has 8 aromatic rings. The maximum absolute atomic E-state index is 2.37. The molecule has 0 radical (unpaired) electrons. The van der Waals surface area contributed by atoms with Gasteiger partial charge < -0.3 is 4.90 Å². The normalized spacial score (nSPS) is 11.3. The van der Waals surface area contributed by atoms with Gasteiger partial charge in [-0.05, 0) is 103 Å². The molecule has 0 N–H and O–H groups in total. The number of rotatable bonds is 5. The third-order valence-electron chi connectivity index (χ3n) is 8.41. The van der Waals surface area contributed by atoms with Gasteiger partial charge in [0.05, 0.1) is 0 Å². The Bertz CT molecular complexity index is 2160. The van der Waals surface area contributed by atoms with Gasteiger partial charge in [0.15, 0.2) is 0 Å². The van der Waals surface area contributed by atoms with Gasteiger partial charge in [0.2, 0.25) is 0 Å². The number of hydrogen-bond donors (Lipinski definition) is 0. The first-order chi connectivity index (χ1) is 21.3. The minimum Gasteiger partial charge on any atom is -0.310 e. The molecule has 0 saturated heterocycles. The zero-order valence-electron chi connectivity index (χ0n) is 23.7. The van der Waals surface area contributed by atoms with Crippen LogP contribution in [0.5, 0.6) is 0 Å². The van der Waals surface area contributed by atoms with E-state index in [1.54, 1.807) is 0 Å². The van der Waals surface area contributed by atoms with E-state index in [2.05, 4.69) is 181 Å². The van der Waals surface area contributed by atoms with Gasteiger partial charge in [-0.2, -0.15) is 0 Å². The Kier molecular flexibility index (Phi) is 6.20. The Hall–Kier alpha value is -5.66. The second-order valence-corrected chi connectivity index (χ2v) is 11.0. The molecule has 0 aliphatic carbocycles. The number of hydrogen-bond acceptors (Lipinski definition) is 1. The van der Waals surface area contributed by atoms with Gasteiger partial charge in [-0.3, -0.25) is 0 Å². The predicted molar refractivity (Wildman–Crippen MR) is 185 cm³/mol. The van der Waals surface area contributed by atoms with Crippen molar-refractivity contribution in [3.05, 3.63) is 176 Å². The molecule has 0 saturated carbocycles. The summed E-state index contributed by atoms with van der Waals surface area (Å²) in [6.07, 6.45) is 0. The maximum atomic E-state index is 2.37. The molecular weight excluding hydrogens is 518 g/mol. The summed E-state index contributed by atoms with van der Waals surface area (Å²) in [5, 5.41) is 7.62. The number of fused-ring (bicyclic) bond motifs is 6. The van der Waals surface area contributed by atoms with Crippen LogP contribution in [0.25, 0.3) is 54.6 Å². The second kappa shape index (κ2) is 10.6. The molecule has 43 heavy (non-hydrogen) atoms. The van der Waals surface area contributed by atoms with Crippen molar-refractivity contribution >= 4 is 49.4 Å². The van der Waals surface area contributed by atoms with E-state index in [9.17, 15) is 0 Å². The molecule has 8 aromatic carbocycles. The molecule has 0 unspecified atom stereocenters. The fourth-order valence-corrected chi connectivity index (χ4v) is 6.37. The molecule has 0 aliphatic heterocycles. The summed E-state index contributed by atoms with van der Waals surface area (Å²) in [4.78, 5) is 2.33. The van der Waals surface area contributed by atoms with E-state index in [1.165, 1.54) is 54.6 Å². The van der Waals surface area contributed by atoms with Crippen molar-refractivity contribution in [3.63, 3.8) is 0 Å². The second-order valence-electron chi connectivity index (χ2n) is 11.0. The van der Waals surface area contributed by atoms with Crippen LogP contribution in [-0.4, -0.2) is 0 Å². The summed E-state index contributed by atoms with van der Waals surface area (Å²) in [7, 11) is 0. The number of anilines is 3. The van der Waals surface area contributed by atoms with Crippen LogP contribution in [0.4, 0.5) is 17.1 Å². The number of para-hydroxylation sites is 2. The van der Waals surface area contributed by atoms with Gasteiger partial charge in [0.1, 0.15) is 0 Å². The largest absolute Gasteiger partial charge is 0.310 e. The van der Waals surface area contributed by atoms with Gasteiger partial charge >= 0.3 is 0 Å². The molecule has 8 rings (SSSR count). The van der Waals surface area contributed by atoms with Gasteiger partial charge in [0, 0.05) is 17.1 Å². The minimum atomic E-state index is 1.14. The molecule has 0 spiro atoms. The topological polar surface area (TPSA) is 3.24 Å². The summed E-state index contributed by atoms with van der Waals surface area (Å²) < 4.78 is 0. The van der Waals surface area contributed by atoms with E-state index in [0.717, 1.165) is 17.1 Å². The van der Waals surface area contributed by atoms with Crippen LogP contribution >= 0.6 is 0 Å². The van der Waals surface area contributed by atoms with Crippen molar-refractivity contribution in [1.29, 1.82) is 0 Å². The number of benzene rings is 8. The van der Waals surface area contributed by atoms with E-state index in [-0.39, 0.29) is 0 Å². The molecule has 0 heterocycles. The molecule has 0 atom stereocenters. The molecule has 0 amide bonds. The quantitative estimate of drug-likeness (QED) is 0.194. The Balaban J connectivity index is 1.32. The summed E-state index contributed by atoms with van der Waals surface area (Å²) in [5.41, 5.74) is 8.34. The fraction of sp³-hybridized carbons (Fsp3) is 0. The smallest absolute Gasteiger partial charge is 0.0468 e. The van der Waals surface area contributed by atoms with Crippen LogP contribution < -0.4 is 4.90 Å². The molecule has 1 heteroatoms. The van der Waals surface area contributed by atoms with E-state index in [4.69, 9.17) is 0 Å². The van der Waals surface area contributed by atoms with Crippen LogP contribution in [0.15, 0.2) is 176 Å². The average molecular weight is 548 g/mol. The van der Waals surface area contributed by atoms with Crippen LogP contribution in [0, 0.1) is 0 Å². The summed E-state index contributed by atoms with van der Waals surface area (Å²) >= 11 is 0. The third-order valence-corrected chi connectivity index (χ3v) is 8.41. The van der Waals surface area contributed by atoms with Gasteiger partial charge in [-0.1, -0.05) is 127 Å². The Labute approximate surface area is 251 Å². The van der Waals surface area contributed by atoms with Crippen LogP contribution in [0.2, 0.25) is 0 Å². The summed E-state index contributed by atoms with van der Waals surface area (Å²) in [6.45, 7) is 0. The maximum Gasteiger partial charge on any atom is 0.0468 e. The van der Waals surface area contributed by atoms with Crippen LogP contribution in [-0.2, 0) is 0 Å². The molecular formula is C42H29N. The highest BCUT2D eigenvalue weighted by atomic mass is 15.1. The number of nitrogens with zero attached hydrogens (tertiary/aromatic N) is 1. The monoisotopic (exact) mass is 547 g/mol. The molecule has 0 fully saturated rings. The van der Waals surface area contributed by atoms with Crippen molar-refractivity contribution in [3.8, 4) is 22.3 Å². The molecule has 1 nitrogen and oxygen atoms in total. The third kappa shape index (κ3) is 4.52. The van der Waals surface area contributed by atoms with Crippen molar-refractivity contribution < 1.29 is 0 Å². The molecule has 0 bridgehead atoms. The van der Waals surface area contributed by atoms with Crippen LogP contribution in [0.1, 0.15) is 0 Å². The summed E-state index contributed by atoms with van der Waals surface area (Å²) in [5.74, 6) is 0. The first-order valence-electron chi connectivity index (χ1n) is 14.8. The Morgan fingerprint density at radius 1 is 0.233 bits per heavy atom. The molecule has 0 aromatic heterocycles. The SMILES string of the molecule is c1ccc(-c2cccc(-c3ccc4c5ccc(N(c6ccccc6)c6ccccc6)cc5c5ccccc5c4c3)c2)cc1. The minimum absolute atomic E-state index is 1.14. The zero-order valence-corrected chi connectivity index (χ0v) is 23.7. The van der Waals surface area contributed by atoms with Crippen molar-refractivity contribution in [2.24, 2.45) is 0 Å². The highest BCUT2D eigenvalue weighted by molar-refractivity contribution is 6.26. The Morgan fingerprint density at radius 2 is 0.674 bits per heavy atom. The lowest BCUT2D eigenvalue weighted by Crippen LogP contribution is -2.09. The van der Waals surface area contributed by atoms with Gasteiger partial charge in [-0.25, -0.2) is 0 Å². The highest BCUT2D eigenvalue weighted by Gasteiger charge is 2.15. The highest BCUT2D eigenvalue weighted by Crippen LogP contribution is 2.41. The van der Waals surface area contributed by atoms with Crippen molar-refractivity contribution in [1.82, 2.24) is 0 Å². The zero-order chi connectivity index (χ0) is 28.6. The lowest BCUT2D eigenvalue weighted by Gasteiger charge is -2.26. The standard InChI is InChI=1S/C42H29N/c1-4-13-30(14-5-1)31-15-12-16-32(27-31)33-23-25-39-40-26-24-36(29-42(40)38-22-11-10-21-37(38)41(39)28-33)43(34-17-6-2-7-18-34)35-19-8-3-9-20-35/h1-29H. The summed E-state index contributed by atoms with van der Waals surface area (Å²) in [6, 6.07) is 63.4. The average Bonchev–Trinajstić information content (AvgIpc) is 3.10. The lowest BCUT2D eigenvalue weighted by molar-refractivity contribution is 1.29. The first kappa shape index (κ1) is 25.1. The van der Waals surface area contributed by atoms with E-state index in [0.29, 0.717) is 0 Å². The predicted octanol–water partition coefficient (Wildman–Crippen LogP) is 11.9. The molecule has 202 valence electrons.